The first kappa shape index (κ1) is 45.0. The molecule has 2 amide bonds. The lowest BCUT2D eigenvalue weighted by Crippen LogP contribution is -2.31. The number of benzene rings is 1. The lowest BCUT2D eigenvalue weighted by Gasteiger charge is -2.17. The number of carbonyl (C=O) groups excluding carboxylic acids is 2. The van der Waals surface area contributed by atoms with E-state index >= 15 is 0 Å². The molecule has 312 valence electrons. The van der Waals surface area contributed by atoms with E-state index in [1.54, 1.807) is 22.7 Å². The summed E-state index contributed by atoms with van der Waals surface area (Å²) in [5.74, 6) is 1.80. The van der Waals surface area contributed by atoms with Crippen LogP contribution in [0.1, 0.15) is 165 Å². The van der Waals surface area contributed by atoms with E-state index in [-0.39, 0.29) is 11.8 Å². The number of carbonyl (C=O) groups is 2. The second-order valence-electron chi connectivity index (χ2n) is 16.3. The van der Waals surface area contributed by atoms with E-state index in [1.165, 1.54) is 148 Å². The van der Waals surface area contributed by atoms with Gasteiger partial charge in [-0.2, -0.15) is 0 Å². The van der Waals surface area contributed by atoms with Gasteiger partial charge in [-0.15, -0.1) is 57.1 Å². The SMILES string of the molecule is CCCCCCCCCCC(CCCCCCCC)CSc1ccc(CCCCN2C(=O)c3c(C)sc(-c4ccc(-c5ccc(-c6ccc(C)s6)s5)s4)c3C2=O)cc1. The molecule has 1 aliphatic rings. The van der Waals surface area contributed by atoms with E-state index in [0.29, 0.717) is 17.7 Å². The average Bonchev–Trinajstić information content (AvgIpc) is 4.07. The molecule has 5 heterocycles. The second-order valence-corrected chi connectivity index (χ2v) is 22.1. The molecule has 0 saturated carbocycles. The van der Waals surface area contributed by atoms with E-state index < -0.39 is 0 Å². The quantitative estimate of drug-likeness (QED) is 0.0300. The zero-order valence-electron chi connectivity index (χ0n) is 35.5. The van der Waals surface area contributed by atoms with Gasteiger partial charge in [0.15, 0.2) is 0 Å². The van der Waals surface area contributed by atoms with Gasteiger partial charge in [0.2, 0.25) is 0 Å². The molecule has 4 aromatic heterocycles. The van der Waals surface area contributed by atoms with Crippen molar-refractivity contribution in [2.24, 2.45) is 5.92 Å². The molecular formula is C50H65NO2S5. The summed E-state index contributed by atoms with van der Waals surface area (Å²) in [6.07, 6.45) is 24.9. The number of hydrogen-bond donors (Lipinski definition) is 0. The highest BCUT2D eigenvalue weighted by atomic mass is 32.2. The fraction of sp³-hybridized carbons (Fsp3) is 0.520. The van der Waals surface area contributed by atoms with Crippen LogP contribution in [0, 0.1) is 19.8 Å². The number of fused-ring (bicyclic) bond motifs is 1. The zero-order valence-corrected chi connectivity index (χ0v) is 39.6. The minimum absolute atomic E-state index is 0.121. The lowest BCUT2D eigenvalue weighted by atomic mass is 9.95. The topological polar surface area (TPSA) is 37.4 Å². The first-order chi connectivity index (χ1) is 28.4. The van der Waals surface area contributed by atoms with Gasteiger partial charge in [0.1, 0.15) is 0 Å². The van der Waals surface area contributed by atoms with Crippen molar-refractivity contribution in [2.75, 3.05) is 12.3 Å². The summed E-state index contributed by atoms with van der Waals surface area (Å²) in [4.78, 5) is 39.6. The van der Waals surface area contributed by atoms with Crippen LogP contribution in [-0.2, 0) is 6.42 Å². The van der Waals surface area contributed by atoms with Gasteiger partial charge in [-0.1, -0.05) is 116 Å². The molecule has 0 aliphatic carbocycles. The Kier molecular flexibility index (Phi) is 18.2. The third-order valence-corrected chi connectivity index (χ3v) is 17.7. The summed E-state index contributed by atoms with van der Waals surface area (Å²) < 4.78 is 0. The third kappa shape index (κ3) is 12.5. The summed E-state index contributed by atoms with van der Waals surface area (Å²) >= 11 is 8.98. The van der Waals surface area contributed by atoms with Gasteiger partial charge in [0, 0.05) is 51.3 Å². The van der Waals surface area contributed by atoms with Gasteiger partial charge in [-0.05, 0) is 106 Å². The van der Waals surface area contributed by atoms with Gasteiger partial charge in [-0.25, -0.2) is 0 Å². The fourth-order valence-corrected chi connectivity index (χ4v) is 13.6. The fourth-order valence-electron chi connectivity index (χ4n) is 8.16. The number of nitrogens with zero attached hydrogens (tertiary/aromatic N) is 1. The zero-order chi connectivity index (χ0) is 40.7. The maximum atomic E-state index is 13.8. The van der Waals surface area contributed by atoms with Gasteiger partial charge in [0.05, 0.1) is 16.0 Å². The van der Waals surface area contributed by atoms with Crippen molar-refractivity contribution in [3.63, 3.8) is 0 Å². The minimum Gasteiger partial charge on any atom is -0.274 e. The van der Waals surface area contributed by atoms with Crippen molar-refractivity contribution in [3.05, 3.63) is 87.1 Å². The Morgan fingerprint density at radius 3 is 1.64 bits per heavy atom. The second kappa shape index (κ2) is 23.5. The van der Waals surface area contributed by atoms with Crippen LogP contribution in [0.25, 0.3) is 29.3 Å². The van der Waals surface area contributed by atoms with Crippen LogP contribution in [0.3, 0.4) is 0 Å². The van der Waals surface area contributed by atoms with Gasteiger partial charge in [-0.3, -0.25) is 14.5 Å². The molecule has 0 radical (unpaired) electrons. The molecule has 1 atom stereocenters. The van der Waals surface area contributed by atoms with E-state index in [0.717, 1.165) is 39.8 Å². The number of unbranched alkanes of at least 4 members (excludes halogenated alkanes) is 13. The van der Waals surface area contributed by atoms with Crippen LogP contribution in [0.5, 0.6) is 0 Å². The lowest BCUT2D eigenvalue weighted by molar-refractivity contribution is 0.0651. The maximum Gasteiger partial charge on any atom is 0.263 e. The standard InChI is InChI=1S/C50H65NO2S5/c1-5-7-9-11-13-14-16-18-23-39(22-17-15-12-10-8-6-2)35-54-40-27-25-38(26-28-40)21-19-20-34-51-49(52)46-37(4)56-48(47(46)50(51)53)45-33-32-44(58-45)43-31-30-42(57-43)41-29-24-36(3)55-41/h24-33,39H,5-23,34-35H2,1-4H3. The Balaban J connectivity index is 0.952. The largest absolute Gasteiger partial charge is 0.274 e. The van der Waals surface area contributed by atoms with Crippen molar-refractivity contribution in [1.82, 2.24) is 4.90 Å². The summed E-state index contributed by atoms with van der Waals surface area (Å²) in [5, 5.41) is 0. The molecule has 1 aromatic carbocycles. The highest BCUT2D eigenvalue weighted by molar-refractivity contribution is 7.99. The molecule has 6 rings (SSSR count). The van der Waals surface area contributed by atoms with Gasteiger partial charge in [0.25, 0.3) is 11.8 Å². The number of hydrogen-bond acceptors (Lipinski definition) is 7. The number of imide groups is 1. The molecule has 0 saturated heterocycles. The molecule has 0 spiro atoms. The third-order valence-electron chi connectivity index (χ3n) is 11.6. The normalized spacial score (nSPS) is 13.3. The molecule has 8 heteroatoms. The average molecular weight is 872 g/mol. The van der Waals surface area contributed by atoms with E-state index in [9.17, 15) is 9.59 Å². The number of amides is 2. The number of thiophene rings is 4. The van der Waals surface area contributed by atoms with Crippen molar-refractivity contribution in [1.29, 1.82) is 0 Å². The summed E-state index contributed by atoms with van der Waals surface area (Å²) in [5.41, 5.74) is 2.56. The van der Waals surface area contributed by atoms with Crippen LogP contribution < -0.4 is 0 Å². The van der Waals surface area contributed by atoms with Crippen molar-refractivity contribution >= 4 is 68.9 Å². The van der Waals surface area contributed by atoms with Gasteiger partial charge < -0.3 is 0 Å². The predicted molar refractivity (Wildman–Crippen MR) is 258 cm³/mol. The molecule has 0 fully saturated rings. The van der Waals surface area contributed by atoms with E-state index in [2.05, 4.69) is 81.4 Å². The van der Waals surface area contributed by atoms with Crippen LogP contribution in [0.2, 0.25) is 0 Å². The molecule has 0 bridgehead atoms. The Hall–Kier alpha value is -2.49. The highest BCUT2D eigenvalue weighted by Crippen LogP contribution is 2.47. The minimum atomic E-state index is -0.126. The maximum absolute atomic E-state index is 13.8. The molecule has 58 heavy (non-hydrogen) atoms. The molecule has 5 aromatic rings. The smallest absolute Gasteiger partial charge is 0.263 e. The monoisotopic (exact) mass is 871 g/mol. The van der Waals surface area contributed by atoms with Gasteiger partial charge >= 0.3 is 0 Å². The summed E-state index contributed by atoms with van der Waals surface area (Å²) in [7, 11) is 0. The highest BCUT2D eigenvalue weighted by Gasteiger charge is 2.41. The van der Waals surface area contributed by atoms with Crippen molar-refractivity contribution in [2.45, 2.75) is 155 Å². The Morgan fingerprint density at radius 1 is 0.534 bits per heavy atom. The predicted octanol–water partition coefficient (Wildman–Crippen LogP) is 17.2. The molecule has 1 unspecified atom stereocenters. The van der Waals surface area contributed by atoms with Crippen molar-refractivity contribution < 1.29 is 9.59 Å². The molecule has 0 N–H and O–H groups in total. The summed E-state index contributed by atoms with van der Waals surface area (Å²) in [6.45, 7) is 9.20. The van der Waals surface area contributed by atoms with Crippen LogP contribution in [-0.4, -0.2) is 29.0 Å². The van der Waals surface area contributed by atoms with Crippen LogP contribution >= 0.6 is 57.1 Å². The number of thioether (sulfide) groups is 1. The Bertz CT molecular complexity index is 2010. The first-order valence-electron chi connectivity index (χ1n) is 22.3. The van der Waals surface area contributed by atoms with Crippen LogP contribution in [0.15, 0.2) is 65.6 Å². The Morgan fingerprint density at radius 2 is 1.05 bits per heavy atom. The Labute approximate surface area is 370 Å². The first-order valence-corrected chi connectivity index (χ1v) is 26.6. The number of rotatable bonds is 27. The summed E-state index contributed by atoms with van der Waals surface area (Å²) in [6, 6.07) is 22.3. The molecule has 1 aliphatic heterocycles. The van der Waals surface area contributed by atoms with Crippen molar-refractivity contribution in [3.8, 4) is 29.3 Å². The molecule has 3 nitrogen and oxygen atoms in total. The number of aryl methyl sites for hydroxylation is 3. The van der Waals surface area contributed by atoms with E-state index in [1.807, 2.05) is 41.4 Å². The molecular weight excluding hydrogens is 807 g/mol. The van der Waals surface area contributed by atoms with E-state index in [4.69, 9.17) is 0 Å². The van der Waals surface area contributed by atoms with Crippen LogP contribution in [0.4, 0.5) is 0 Å².